The molecule has 0 N–H and O–H groups in total. The summed E-state index contributed by atoms with van der Waals surface area (Å²) in [4.78, 5) is 10.6. The van der Waals surface area contributed by atoms with Gasteiger partial charge in [0, 0.05) is 12.5 Å². The normalized spacial score (nSPS) is 12.9. The van der Waals surface area contributed by atoms with Crippen molar-refractivity contribution in [2.24, 2.45) is 5.92 Å². The lowest BCUT2D eigenvalue weighted by molar-refractivity contribution is 0.216. The van der Waals surface area contributed by atoms with E-state index in [1.807, 2.05) is 12.1 Å². The molecule has 7 nitrogen and oxygen atoms in total. The highest BCUT2D eigenvalue weighted by Crippen LogP contribution is 2.21. The fraction of sp³-hybridized carbons (Fsp3) is 0.444. The summed E-state index contributed by atoms with van der Waals surface area (Å²) in [5.41, 5.74) is 2.21. The van der Waals surface area contributed by atoms with E-state index in [1.54, 1.807) is 11.0 Å². The summed E-state index contributed by atoms with van der Waals surface area (Å²) in [5.74, 6) is 1.96. The van der Waals surface area contributed by atoms with Crippen molar-refractivity contribution in [3.8, 4) is 5.69 Å². The molecule has 1 aromatic carbocycles. The molecule has 0 aliphatic heterocycles. The van der Waals surface area contributed by atoms with Crippen LogP contribution in [0.4, 0.5) is 0 Å². The highest BCUT2D eigenvalue weighted by atomic mass is 16.5. The number of benzene rings is 1. The van der Waals surface area contributed by atoms with Crippen LogP contribution in [0, 0.1) is 5.92 Å². The maximum Gasteiger partial charge on any atom is 0.240 e. The number of aromatic nitrogens is 5. The summed E-state index contributed by atoms with van der Waals surface area (Å²) in [6, 6.07) is 8.53. The van der Waals surface area contributed by atoms with Crippen molar-refractivity contribution in [3.05, 3.63) is 54.2 Å². The molecule has 7 heteroatoms. The quantitative estimate of drug-likeness (QED) is 0.658. The smallest absolute Gasteiger partial charge is 0.240 e. The molecule has 0 fully saturated rings. The molecular formula is C18H24N6O. The van der Waals surface area contributed by atoms with E-state index >= 15 is 0 Å². The second-order valence-electron chi connectivity index (χ2n) is 6.72. The Morgan fingerprint density at radius 1 is 1.16 bits per heavy atom. The minimum Gasteiger partial charge on any atom is -0.338 e. The highest BCUT2D eigenvalue weighted by Gasteiger charge is 2.16. The first kappa shape index (κ1) is 17.3. The predicted octanol–water partition coefficient (Wildman–Crippen LogP) is 3.04. The summed E-state index contributed by atoms with van der Waals surface area (Å²) < 4.78 is 7.11. The Morgan fingerprint density at radius 2 is 1.92 bits per heavy atom. The van der Waals surface area contributed by atoms with Crippen molar-refractivity contribution < 1.29 is 4.52 Å². The minimum absolute atomic E-state index is 0.227. The minimum atomic E-state index is 0.227. The molecule has 0 amide bonds. The van der Waals surface area contributed by atoms with Gasteiger partial charge in [0.05, 0.1) is 12.2 Å². The largest absolute Gasteiger partial charge is 0.338 e. The van der Waals surface area contributed by atoms with E-state index in [9.17, 15) is 0 Å². The summed E-state index contributed by atoms with van der Waals surface area (Å²) in [6.45, 7) is 7.08. The summed E-state index contributed by atoms with van der Waals surface area (Å²) in [6.07, 6.45) is 4.06. The SMILES string of the molecule is CC(C)Cc1noc(CN(C)C(C)c2ccc(-n3cncn3)cc2)n1. The lowest BCUT2D eigenvalue weighted by Crippen LogP contribution is -2.22. The van der Waals surface area contributed by atoms with E-state index in [0.717, 1.165) is 17.9 Å². The molecule has 3 aromatic rings. The van der Waals surface area contributed by atoms with Crippen LogP contribution in [-0.2, 0) is 13.0 Å². The van der Waals surface area contributed by atoms with Gasteiger partial charge in [0.1, 0.15) is 12.7 Å². The molecule has 0 aliphatic rings. The number of hydrogen-bond acceptors (Lipinski definition) is 6. The van der Waals surface area contributed by atoms with E-state index in [1.165, 1.54) is 11.9 Å². The first-order chi connectivity index (χ1) is 12.0. The molecule has 0 saturated carbocycles. The number of rotatable bonds is 7. The van der Waals surface area contributed by atoms with Crippen molar-refractivity contribution in [1.82, 2.24) is 29.8 Å². The van der Waals surface area contributed by atoms with Crippen molar-refractivity contribution in [2.75, 3.05) is 7.05 Å². The molecule has 3 rings (SSSR count). The third-order valence-electron chi connectivity index (χ3n) is 4.21. The summed E-state index contributed by atoms with van der Waals surface area (Å²) in [7, 11) is 2.06. The van der Waals surface area contributed by atoms with Gasteiger partial charge >= 0.3 is 0 Å². The fourth-order valence-corrected chi connectivity index (χ4v) is 2.65. The Bertz CT molecular complexity index is 778. The molecule has 1 atom stereocenters. The lowest BCUT2D eigenvalue weighted by Gasteiger charge is -2.23. The maximum absolute atomic E-state index is 5.37. The first-order valence-corrected chi connectivity index (χ1v) is 8.49. The Hall–Kier alpha value is -2.54. The van der Waals surface area contributed by atoms with Gasteiger partial charge in [-0.15, -0.1) is 0 Å². The average molecular weight is 340 g/mol. The second kappa shape index (κ2) is 7.57. The van der Waals surface area contributed by atoms with Crippen LogP contribution in [0.3, 0.4) is 0 Å². The van der Waals surface area contributed by atoms with Crippen LogP contribution < -0.4 is 0 Å². The van der Waals surface area contributed by atoms with Crippen molar-refractivity contribution in [1.29, 1.82) is 0 Å². The Kier molecular flexibility index (Phi) is 5.23. The summed E-state index contributed by atoms with van der Waals surface area (Å²) >= 11 is 0. The predicted molar refractivity (Wildman–Crippen MR) is 94.1 cm³/mol. The monoisotopic (exact) mass is 340 g/mol. The fourth-order valence-electron chi connectivity index (χ4n) is 2.65. The number of hydrogen-bond donors (Lipinski definition) is 0. The molecule has 25 heavy (non-hydrogen) atoms. The Balaban J connectivity index is 1.63. The van der Waals surface area contributed by atoms with Crippen LogP contribution in [0.15, 0.2) is 41.4 Å². The van der Waals surface area contributed by atoms with Gasteiger partial charge in [-0.05, 0) is 37.6 Å². The van der Waals surface area contributed by atoms with Crippen LogP contribution in [-0.4, -0.2) is 36.9 Å². The molecule has 0 aliphatic carbocycles. The van der Waals surface area contributed by atoms with Crippen LogP contribution in [0.5, 0.6) is 0 Å². The van der Waals surface area contributed by atoms with Gasteiger partial charge in [-0.3, -0.25) is 4.90 Å². The van der Waals surface area contributed by atoms with E-state index in [0.29, 0.717) is 18.4 Å². The molecule has 0 radical (unpaired) electrons. The van der Waals surface area contributed by atoms with E-state index in [-0.39, 0.29) is 6.04 Å². The van der Waals surface area contributed by atoms with Crippen molar-refractivity contribution in [2.45, 2.75) is 39.8 Å². The third kappa shape index (κ3) is 4.30. The Labute approximate surface area is 147 Å². The van der Waals surface area contributed by atoms with Crippen LogP contribution in [0.25, 0.3) is 5.69 Å². The third-order valence-corrected chi connectivity index (χ3v) is 4.21. The van der Waals surface area contributed by atoms with Crippen molar-refractivity contribution >= 4 is 0 Å². The topological polar surface area (TPSA) is 72.9 Å². The van der Waals surface area contributed by atoms with Gasteiger partial charge in [0.2, 0.25) is 5.89 Å². The van der Waals surface area contributed by atoms with Crippen LogP contribution in [0.1, 0.15) is 44.1 Å². The van der Waals surface area contributed by atoms with Gasteiger partial charge in [-0.1, -0.05) is 31.1 Å². The first-order valence-electron chi connectivity index (χ1n) is 8.49. The highest BCUT2D eigenvalue weighted by molar-refractivity contribution is 5.34. The molecule has 2 aromatic heterocycles. The maximum atomic E-state index is 5.37. The standard InChI is InChI=1S/C18H24N6O/c1-13(2)9-17-21-18(25-22-17)10-23(4)14(3)15-5-7-16(8-6-15)24-12-19-11-20-24/h5-8,11-14H,9-10H2,1-4H3. The summed E-state index contributed by atoms with van der Waals surface area (Å²) in [5, 5.41) is 8.20. The number of nitrogens with zero attached hydrogens (tertiary/aromatic N) is 6. The van der Waals surface area contributed by atoms with Gasteiger partial charge in [-0.25, -0.2) is 9.67 Å². The molecule has 132 valence electrons. The zero-order valence-corrected chi connectivity index (χ0v) is 15.1. The molecule has 0 bridgehead atoms. The van der Waals surface area contributed by atoms with E-state index in [4.69, 9.17) is 4.52 Å². The van der Waals surface area contributed by atoms with Crippen LogP contribution in [0.2, 0.25) is 0 Å². The van der Waals surface area contributed by atoms with Gasteiger partial charge in [0.25, 0.3) is 0 Å². The lowest BCUT2D eigenvalue weighted by atomic mass is 10.1. The second-order valence-corrected chi connectivity index (χ2v) is 6.72. The van der Waals surface area contributed by atoms with Gasteiger partial charge in [-0.2, -0.15) is 10.1 Å². The van der Waals surface area contributed by atoms with Crippen molar-refractivity contribution in [3.63, 3.8) is 0 Å². The zero-order valence-electron chi connectivity index (χ0n) is 15.1. The van der Waals surface area contributed by atoms with E-state index in [2.05, 4.69) is 65.1 Å². The molecule has 1 unspecified atom stereocenters. The molecule has 2 heterocycles. The molecule has 0 saturated heterocycles. The zero-order chi connectivity index (χ0) is 17.8. The van der Waals surface area contributed by atoms with Crippen LogP contribution >= 0.6 is 0 Å². The Morgan fingerprint density at radius 3 is 2.56 bits per heavy atom. The van der Waals surface area contributed by atoms with E-state index < -0.39 is 0 Å². The molecule has 0 spiro atoms. The molecular weight excluding hydrogens is 316 g/mol. The van der Waals surface area contributed by atoms with Gasteiger partial charge < -0.3 is 4.52 Å². The average Bonchev–Trinajstić information content (AvgIpc) is 3.26. The van der Waals surface area contributed by atoms with Gasteiger partial charge in [0.15, 0.2) is 5.82 Å².